The van der Waals surface area contributed by atoms with Crippen LogP contribution in [0.1, 0.15) is 41.9 Å². The number of hydrogen-bond acceptors (Lipinski definition) is 5. The van der Waals surface area contributed by atoms with Crippen LogP contribution in [-0.4, -0.2) is 32.3 Å². The summed E-state index contributed by atoms with van der Waals surface area (Å²) in [6.45, 7) is 2.64. The third-order valence-corrected chi connectivity index (χ3v) is 4.94. The highest BCUT2D eigenvalue weighted by Gasteiger charge is 2.37. The maximum atomic E-state index is 13.2. The van der Waals surface area contributed by atoms with Crippen molar-refractivity contribution in [3.63, 3.8) is 0 Å². The molecule has 0 bridgehead atoms. The largest absolute Gasteiger partial charge is 0.360 e. The Kier molecular flexibility index (Phi) is 4.77. The molecule has 0 saturated carbocycles. The van der Waals surface area contributed by atoms with Crippen molar-refractivity contribution >= 4 is 11.7 Å². The molecule has 4 rings (SSSR count). The van der Waals surface area contributed by atoms with Gasteiger partial charge in [0.15, 0.2) is 5.82 Å². The zero-order valence-corrected chi connectivity index (χ0v) is 15.5. The number of likely N-dealkylation sites (tertiary alicyclic amines) is 1. The average molecular weight is 365 g/mol. The first-order chi connectivity index (χ1) is 13.1. The first-order valence-corrected chi connectivity index (χ1v) is 9.16. The van der Waals surface area contributed by atoms with Gasteiger partial charge in [0.05, 0.1) is 11.7 Å². The van der Waals surface area contributed by atoms with Crippen LogP contribution in [-0.2, 0) is 11.8 Å². The molecule has 27 heavy (non-hydrogen) atoms. The third kappa shape index (κ3) is 3.64. The molecule has 1 N–H and O–H groups in total. The van der Waals surface area contributed by atoms with Crippen LogP contribution in [0, 0.1) is 6.92 Å². The van der Waals surface area contributed by atoms with Crippen molar-refractivity contribution in [1.82, 2.24) is 19.8 Å². The van der Waals surface area contributed by atoms with Gasteiger partial charge < -0.3 is 9.84 Å². The van der Waals surface area contributed by atoms with E-state index >= 15 is 0 Å². The van der Waals surface area contributed by atoms with E-state index in [1.165, 1.54) is 0 Å². The number of benzene rings is 1. The first kappa shape index (κ1) is 17.5. The Hall–Kier alpha value is -2.93. The van der Waals surface area contributed by atoms with Gasteiger partial charge in [0.2, 0.25) is 5.91 Å². The molecule has 3 aromatic rings. The fraction of sp³-hybridized carbons (Fsp3) is 0.350. The second-order valence-electron chi connectivity index (χ2n) is 6.94. The first-order valence-electron chi connectivity index (χ1n) is 9.16. The quantitative estimate of drug-likeness (QED) is 0.751. The molecule has 1 aliphatic heterocycles. The predicted molar refractivity (Wildman–Crippen MR) is 101 cm³/mol. The van der Waals surface area contributed by atoms with Gasteiger partial charge in [-0.2, -0.15) is 5.10 Å². The second-order valence-corrected chi connectivity index (χ2v) is 6.94. The molecule has 0 radical (unpaired) electrons. The van der Waals surface area contributed by atoms with Crippen molar-refractivity contribution in [2.24, 2.45) is 7.05 Å². The van der Waals surface area contributed by atoms with Gasteiger partial charge in [-0.1, -0.05) is 35.5 Å². The van der Waals surface area contributed by atoms with Gasteiger partial charge in [-0.05, 0) is 37.9 Å². The Morgan fingerprint density at radius 2 is 2.11 bits per heavy atom. The number of carbonyl (C=O) groups excluding carboxylic acids is 1. The predicted octanol–water partition coefficient (Wildman–Crippen LogP) is 3.23. The van der Waals surface area contributed by atoms with E-state index in [0.29, 0.717) is 11.6 Å². The number of hydrogen-bond donors (Lipinski definition) is 1. The molecule has 140 valence electrons. The molecular formula is C20H23N5O2. The number of aryl methyl sites for hydroxylation is 2. The normalized spacial score (nSPS) is 18.5. The SMILES string of the molecule is Cc1cc(NC(=O)C(c2ccccc2)N2CCCC2c2ccn(C)n2)no1. The van der Waals surface area contributed by atoms with Crippen molar-refractivity contribution in [3.05, 3.63) is 65.7 Å². The maximum absolute atomic E-state index is 13.2. The van der Waals surface area contributed by atoms with Crippen molar-refractivity contribution in [2.45, 2.75) is 31.8 Å². The third-order valence-electron chi connectivity index (χ3n) is 4.94. The van der Waals surface area contributed by atoms with E-state index in [1.807, 2.05) is 54.3 Å². The van der Waals surface area contributed by atoms with E-state index in [-0.39, 0.29) is 11.9 Å². The molecule has 1 amide bonds. The molecule has 1 aromatic carbocycles. The molecule has 3 heterocycles. The van der Waals surface area contributed by atoms with Crippen LogP contribution in [0.3, 0.4) is 0 Å². The van der Waals surface area contributed by atoms with Gasteiger partial charge in [-0.15, -0.1) is 0 Å². The molecule has 7 heteroatoms. The van der Waals surface area contributed by atoms with Gasteiger partial charge in [0.1, 0.15) is 11.8 Å². The Morgan fingerprint density at radius 1 is 1.30 bits per heavy atom. The highest BCUT2D eigenvalue weighted by Crippen LogP contribution is 2.38. The summed E-state index contributed by atoms with van der Waals surface area (Å²) in [6.07, 6.45) is 3.96. The van der Waals surface area contributed by atoms with E-state index in [2.05, 4.69) is 20.5 Å². The minimum atomic E-state index is -0.419. The fourth-order valence-electron chi connectivity index (χ4n) is 3.78. The Morgan fingerprint density at radius 3 is 2.78 bits per heavy atom. The van der Waals surface area contributed by atoms with Gasteiger partial charge in [0, 0.05) is 19.3 Å². The van der Waals surface area contributed by atoms with E-state index in [1.54, 1.807) is 13.0 Å². The van der Waals surface area contributed by atoms with E-state index in [0.717, 1.165) is 30.6 Å². The summed E-state index contributed by atoms with van der Waals surface area (Å²) in [5.74, 6) is 0.985. The molecule has 0 spiro atoms. The molecule has 0 aliphatic carbocycles. The standard InChI is InChI=1S/C20H23N5O2/c1-14-13-18(23-27-14)21-20(26)19(15-7-4-3-5-8-15)25-11-6-9-17(25)16-10-12-24(2)22-16/h3-5,7-8,10,12-13,17,19H,6,9,11H2,1-2H3,(H,21,23,26). The lowest BCUT2D eigenvalue weighted by Gasteiger charge is -2.31. The molecule has 1 fully saturated rings. The molecular weight excluding hydrogens is 342 g/mol. The Balaban J connectivity index is 1.66. The van der Waals surface area contributed by atoms with E-state index in [9.17, 15) is 4.79 Å². The minimum absolute atomic E-state index is 0.112. The Labute approximate surface area is 158 Å². The summed E-state index contributed by atoms with van der Waals surface area (Å²) in [5, 5.41) is 11.4. The lowest BCUT2D eigenvalue weighted by molar-refractivity contribution is -0.122. The van der Waals surface area contributed by atoms with Crippen LogP contribution in [0.4, 0.5) is 5.82 Å². The molecule has 2 unspecified atom stereocenters. The Bertz CT molecular complexity index is 917. The maximum Gasteiger partial charge on any atom is 0.247 e. The minimum Gasteiger partial charge on any atom is -0.360 e. The number of carbonyl (C=O) groups is 1. The van der Waals surface area contributed by atoms with Crippen LogP contribution >= 0.6 is 0 Å². The average Bonchev–Trinajstić information content (AvgIpc) is 3.38. The van der Waals surface area contributed by atoms with Gasteiger partial charge in [-0.25, -0.2) is 0 Å². The van der Waals surface area contributed by atoms with Crippen molar-refractivity contribution in [2.75, 3.05) is 11.9 Å². The van der Waals surface area contributed by atoms with E-state index < -0.39 is 6.04 Å². The number of amides is 1. The van der Waals surface area contributed by atoms with Crippen molar-refractivity contribution < 1.29 is 9.32 Å². The smallest absolute Gasteiger partial charge is 0.247 e. The number of anilines is 1. The summed E-state index contributed by atoms with van der Waals surface area (Å²) in [6, 6.07) is 13.3. The number of nitrogens with zero attached hydrogens (tertiary/aromatic N) is 4. The van der Waals surface area contributed by atoms with Gasteiger partial charge in [-0.3, -0.25) is 14.4 Å². The highest BCUT2D eigenvalue weighted by molar-refractivity contribution is 5.94. The summed E-state index contributed by atoms with van der Waals surface area (Å²) in [5.41, 5.74) is 1.96. The molecule has 2 aromatic heterocycles. The van der Waals surface area contributed by atoms with Crippen LogP contribution in [0.5, 0.6) is 0 Å². The summed E-state index contributed by atoms with van der Waals surface area (Å²) in [4.78, 5) is 15.5. The molecule has 2 atom stereocenters. The molecule has 7 nitrogen and oxygen atoms in total. The number of aromatic nitrogens is 3. The fourth-order valence-corrected chi connectivity index (χ4v) is 3.78. The van der Waals surface area contributed by atoms with Crippen molar-refractivity contribution in [3.8, 4) is 0 Å². The summed E-state index contributed by atoms with van der Waals surface area (Å²) < 4.78 is 6.89. The lowest BCUT2D eigenvalue weighted by atomic mass is 10.0. The lowest BCUT2D eigenvalue weighted by Crippen LogP contribution is -2.37. The topological polar surface area (TPSA) is 76.2 Å². The summed E-state index contributed by atoms with van der Waals surface area (Å²) in [7, 11) is 1.91. The van der Waals surface area contributed by atoms with Crippen LogP contribution < -0.4 is 5.32 Å². The zero-order chi connectivity index (χ0) is 18.8. The van der Waals surface area contributed by atoms with Gasteiger partial charge >= 0.3 is 0 Å². The van der Waals surface area contributed by atoms with Crippen LogP contribution in [0.25, 0.3) is 0 Å². The number of nitrogens with one attached hydrogen (secondary N) is 1. The number of rotatable bonds is 5. The van der Waals surface area contributed by atoms with Gasteiger partial charge in [0.25, 0.3) is 0 Å². The monoisotopic (exact) mass is 365 g/mol. The summed E-state index contributed by atoms with van der Waals surface area (Å²) >= 11 is 0. The van der Waals surface area contributed by atoms with Crippen molar-refractivity contribution in [1.29, 1.82) is 0 Å². The van der Waals surface area contributed by atoms with E-state index in [4.69, 9.17) is 4.52 Å². The van der Waals surface area contributed by atoms with Crippen LogP contribution in [0.2, 0.25) is 0 Å². The second kappa shape index (κ2) is 7.36. The molecule has 1 aliphatic rings. The zero-order valence-electron chi connectivity index (χ0n) is 15.5. The molecule has 1 saturated heterocycles. The van der Waals surface area contributed by atoms with Crippen LogP contribution in [0.15, 0.2) is 53.2 Å². The highest BCUT2D eigenvalue weighted by atomic mass is 16.5.